The summed E-state index contributed by atoms with van der Waals surface area (Å²) in [7, 11) is 0. The lowest BCUT2D eigenvalue weighted by Crippen LogP contribution is -1.99. The summed E-state index contributed by atoms with van der Waals surface area (Å²) in [5.41, 5.74) is 3.25. The van der Waals surface area contributed by atoms with Gasteiger partial charge < -0.3 is 4.74 Å². The van der Waals surface area contributed by atoms with Crippen LogP contribution in [0.4, 0.5) is 0 Å². The average molecular weight is 319 g/mol. The van der Waals surface area contributed by atoms with Crippen molar-refractivity contribution in [1.29, 1.82) is 0 Å². The van der Waals surface area contributed by atoms with Crippen LogP contribution in [0.25, 0.3) is 22.8 Å². The standard InChI is InChI=1S/C20H21N3O/c1-2-3-8-13-24-16-14-19(17-9-4-6-11-21-17)23-20(15-16)18-10-5-7-12-22-18/h4-7,9-12,14-15H,2-3,8,13H2,1H3. The second-order valence-corrected chi connectivity index (χ2v) is 5.56. The molecule has 4 nitrogen and oxygen atoms in total. The van der Waals surface area contributed by atoms with Crippen molar-refractivity contribution in [2.45, 2.75) is 26.2 Å². The van der Waals surface area contributed by atoms with E-state index in [0.717, 1.165) is 34.9 Å². The molecule has 0 saturated carbocycles. The van der Waals surface area contributed by atoms with Crippen LogP contribution in [-0.4, -0.2) is 21.6 Å². The maximum absolute atomic E-state index is 5.94. The quantitative estimate of drug-likeness (QED) is 0.588. The maximum Gasteiger partial charge on any atom is 0.123 e. The van der Waals surface area contributed by atoms with Gasteiger partial charge in [-0.15, -0.1) is 0 Å². The molecule has 0 fully saturated rings. The third-order valence-electron chi connectivity index (χ3n) is 3.67. The minimum Gasteiger partial charge on any atom is -0.493 e. The predicted octanol–water partition coefficient (Wildman–Crippen LogP) is 4.77. The second-order valence-electron chi connectivity index (χ2n) is 5.56. The molecular formula is C20H21N3O. The monoisotopic (exact) mass is 319 g/mol. The number of rotatable bonds is 7. The highest BCUT2D eigenvalue weighted by molar-refractivity contribution is 5.64. The van der Waals surface area contributed by atoms with Gasteiger partial charge in [0.2, 0.25) is 0 Å². The molecule has 0 aromatic carbocycles. The van der Waals surface area contributed by atoms with Crippen LogP contribution in [0.3, 0.4) is 0 Å². The lowest BCUT2D eigenvalue weighted by Gasteiger charge is -2.10. The van der Waals surface area contributed by atoms with Crippen LogP contribution in [0.15, 0.2) is 60.9 Å². The lowest BCUT2D eigenvalue weighted by molar-refractivity contribution is 0.306. The van der Waals surface area contributed by atoms with Crippen molar-refractivity contribution in [3.63, 3.8) is 0 Å². The highest BCUT2D eigenvalue weighted by Crippen LogP contribution is 2.26. The van der Waals surface area contributed by atoms with Crippen LogP contribution < -0.4 is 4.74 Å². The fourth-order valence-corrected chi connectivity index (χ4v) is 2.42. The Labute approximate surface area is 142 Å². The number of aromatic nitrogens is 3. The SMILES string of the molecule is CCCCCOc1cc(-c2ccccn2)nc(-c2ccccn2)c1. The van der Waals surface area contributed by atoms with Crippen LogP contribution in [0.5, 0.6) is 5.75 Å². The molecule has 0 aliphatic carbocycles. The van der Waals surface area contributed by atoms with Crippen LogP contribution in [-0.2, 0) is 0 Å². The van der Waals surface area contributed by atoms with E-state index in [4.69, 9.17) is 9.72 Å². The van der Waals surface area contributed by atoms with E-state index < -0.39 is 0 Å². The number of ether oxygens (including phenoxy) is 1. The molecule has 3 aromatic rings. The van der Waals surface area contributed by atoms with E-state index in [1.807, 2.05) is 48.5 Å². The van der Waals surface area contributed by atoms with E-state index in [9.17, 15) is 0 Å². The minimum absolute atomic E-state index is 0.709. The molecule has 4 heteroatoms. The van der Waals surface area contributed by atoms with Gasteiger partial charge in [0.1, 0.15) is 5.75 Å². The number of hydrogen-bond acceptors (Lipinski definition) is 4. The van der Waals surface area contributed by atoms with Crippen LogP contribution in [0.2, 0.25) is 0 Å². The maximum atomic E-state index is 5.94. The molecule has 3 heterocycles. The zero-order chi connectivity index (χ0) is 16.6. The molecule has 0 N–H and O–H groups in total. The van der Waals surface area contributed by atoms with E-state index in [1.165, 1.54) is 12.8 Å². The Morgan fingerprint density at radius 2 is 1.42 bits per heavy atom. The van der Waals surface area contributed by atoms with E-state index in [0.29, 0.717) is 6.61 Å². The van der Waals surface area contributed by atoms with Gasteiger partial charge in [0.05, 0.1) is 29.4 Å². The summed E-state index contributed by atoms with van der Waals surface area (Å²) in [5, 5.41) is 0. The topological polar surface area (TPSA) is 47.9 Å². The summed E-state index contributed by atoms with van der Waals surface area (Å²) in [6.07, 6.45) is 6.94. The van der Waals surface area contributed by atoms with E-state index >= 15 is 0 Å². The number of nitrogens with zero attached hydrogens (tertiary/aromatic N) is 3. The molecule has 3 aromatic heterocycles. The highest BCUT2D eigenvalue weighted by Gasteiger charge is 2.09. The van der Waals surface area contributed by atoms with Gasteiger partial charge in [-0.25, -0.2) is 4.98 Å². The van der Waals surface area contributed by atoms with Gasteiger partial charge in [0.25, 0.3) is 0 Å². The summed E-state index contributed by atoms with van der Waals surface area (Å²) in [6.45, 7) is 2.89. The first-order valence-corrected chi connectivity index (χ1v) is 8.34. The molecule has 0 saturated heterocycles. The third kappa shape index (κ3) is 4.16. The molecule has 24 heavy (non-hydrogen) atoms. The van der Waals surface area contributed by atoms with Crippen molar-refractivity contribution in [3.05, 3.63) is 60.9 Å². The van der Waals surface area contributed by atoms with Crippen molar-refractivity contribution >= 4 is 0 Å². The Morgan fingerprint density at radius 3 is 1.92 bits per heavy atom. The first kappa shape index (κ1) is 16.1. The number of unbranched alkanes of at least 4 members (excludes halogenated alkanes) is 2. The van der Waals surface area contributed by atoms with Crippen LogP contribution >= 0.6 is 0 Å². The van der Waals surface area contributed by atoms with Crippen LogP contribution in [0, 0.1) is 0 Å². The zero-order valence-corrected chi connectivity index (χ0v) is 13.9. The van der Waals surface area contributed by atoms with E-state index in [-0.39, 0.29) is 0 Å². The molecule has 0 atom stereocenters. The largest absolute Gasteiger partial charge is 0.493 e. The van der Waals surface area contributed by atoms with Gasteiger partial charge in [0, 0.05) is 24.5 Å². The van der Waals surface area contributed by atoms with Gasteiger partial charge in [-0.2, -0.15) is 0 Å². The van der Waals surface area contributed by atoms with E-state index in [1.54, 1.807) is 12.4 Å². The van der Waals surface area contributed by atoms with Crippen molar-refractivity contribution < 1.29 is 4.74 Å². The average Bonchev–Trinajstić information content (AvgIpc) is 2.66. The Bertz CT molecular complexity index is 703. The highest BCUT2D eigenvalue weighted by atomic mass is 16.5. The van der Waals surface area contributed by atoms with Crippen molar-refractivity contribution in [2.75, 3.05) is 6.61 Å². The normalized spacial score (nSPS) is 10.5. The Morgan fingerprint density at radius 1 is 0.792 bits per heavy atom. The van der Waals surface area contributed by atoms with Gasteiger partial charge in [-0.05, 0) is 30.7 Å². The molecule has 0 unspecified atom stereocenters. The predicted molar refractivity (Wildman–Crippen MR) is 95.7 cm³/mol. The van der Waals surface area contributed by atoms with Gasteiger partial charge in [-0.3, -0.25) is 9.97 Å². The zero-order valence-electron chi connectivity index (χ0n) is 13.9. The van der Waals surface area contributed by atoms with Gasteiger partial charge in [0.15, 0.2) is 0 Å². The molecule has 0 spiro atoms. The van der Waals surface area contributed by atoms with Crippen LogP contribution in [0.1, 0.15) is 26.2 Å². The number of hydrogen-bond donors (Lipinski definition) is 0. The summed E-state index contributed by atoms with van der Waals surface area (Å²) in [5.74, 6) is 0.808. The summed E-state index contributed by atoms with van der Waals surface area (Å²) >= 11 is 0. The molecule has 0 aliphatic heterocycles. The Hall–Kier alpha value is -2.75. The molecule has 0 radical (unpaired) electrons. The summed E-state index contributed by atoms with van der Waals surface area (Å²) in [4.78, 5) is 13.5. The van der Waals surface area contributed by atoms with E-state index in [2.05, 4.69) is 16.9 Å². The fourth-order valence-electron chi connectivity index (χ4n) is 2.42. The molecule has 3 rings (SSSR count). The first-order chi connectivity index (χ1) is 11.9. The molecule has 122 valence electrons. The minimum atomic E-state index is 0.709. The molecule has 0 bridgehead atoms. The molecule has 0 amide bonds. The lowest BCUT2D eigenvalue weighted by atomic mass is 10.2. The first-order valence-electron chi connectivity index (χ1n) is 8.34. The fraction of sp³-hybridized carbons (Fsp3) is 0.250. The molecular weight excluding hydrogens is 298 g/mol. The van der Waals surface area contributed by atoms with Gasteiger partial charge >= 0.3 is 0 Å². The Kier molecular flexibility index (Phi) is 5.51. The molecule has 0 aliphatic rings. The van der Waals surface area contributed by atoms with Gasteiger partial charge in [-0.1, -0.05) is 31.9 Å². The third-order valence-corrected chi connectivity index (χ3v) is 3.67. The summed E-state index contributed by atoms with van der Waals surface area (Å²) in [6, 6.07) is 15.5. The van der Waals surface area contributed by atoms with Crippen molar-refractivity contribution in [1.82, 2.24) is 15.0 Å². The number of pyridine rings is 3. The summed E-state index contributed by atoms with van der Waals surface area (Å²) < 4.78 is 5.94. The second kappa shape index (κ2) is 8.20. The van der Waals surface area contributed by atoms with Crippen molar-refractivity contribution in [3.8, 4) is 28.5 Å². The Balaban J connectivity index is 1.93. The van der Waals surface area contributed by atoms with Crippen molar-refractivity contribution in [2.24, 2.45) is 0 Å². The smallest absolute Gasteiger partial charge is 0.123 e.